The Morgan fingerprint density at radius 2 is 1.61 bits per heavy atom. The third-order valence-corrected chi connectivity index (χ3v) is 4.82. The van der Waals surface area contributed by atoms with Crippen LogP contribution in [-0.2, 0) is 0 Å². The van der Waals surface area contributed by atoms with E-state index in [0.717, 1.165) is 5.92 Å². The van der Waals surface area contributed by atoms with Crippen molar-refractivity contribution in [3.63, 3.8) is 0 Å². The van der Waals surface area contributed by atoms with Crippen LogP contribution < -0.4 is 0 Å². The largest absolute Gasteiger partial charge is 0.0654 e. The van der Waals surface area contributed by atoms with Gasteiger partial charge in [0.2, 0.25) is 0 Å². The number of hydrogen-bond acceptors (Lipinski definition) is 0. The summed E-state index contributed by atoms with van der Waals surface area (Å²) in [5.74, 6) is 0.807. The van der Waals surface area contributed by atoms with Crippen molar-refractivity contribution >= 4 is 0 Å². The lowest BCUT2D eigenvalue weighted by Gasteiger charge is -2.40. The van der Waals surface area contributed by atoms with Crippen molar-refractivity contribution in [3.8, 4) is 0 Å². The second-order valence-electron chi connectivity index (χ2n) is 6.11. The summed E-state index contributed by atoms with van der Waals surface area (Å²) >= 11 is 0. The average Bonchev–Trinajstić information content (AvgIpc) is 2.41. The first-order valence-electron chi connectivity index (χ1n) is 7.75. The Bertz CT molecular complexity index is 322. The van der Waals surface area contributed by atoms with Crippen LogP contribution in [0.25, 0.3) is 0 Å². The van der Waals surface area contributed by atoms with Gasteiger partial charge in [0.25, 0.3) is 0 Å². The van der Waals surface area contributed by atoms with Gasteiger partial charge in [-0.2, -0.15) is 0 Å². The topological polar surface area (TPSA) is 0 Å². The molecule has 2 rings (SSSR count). The molecular formula is C18H27. The van der Waals surface area contributed by atoms with E-state index < -0.39 is 0 Å². The van der Waals surface area contributed by atoms with E-state index in [2.05, 4.69) is 44.2 Å². The third-order valence-electron chi connectivity index (χ3n) is 4.82. The minimum atomic E-state index is 0.681. The van der Waals surface area contributed by atoms with E-state index in [9.17, 15) is 0 Å². The van der Waals surface area contributed by atoms with Gasteiger partial charge in [-0.1, -0.05) is 51.0 Å². The monoisotopic (exact) mass is 243 g/mol. The second-order valence-corrected chi connectivity index (χ2v) is 6.11. The van der Waals surface area contributed by atoms with Crippen LogP contribution in [0.1, 0.15) is 76.7 Å². The molecule has 0 N–H and O–H groups in total. The molecule has 0 aromatic heterocycles. The molecule has 1 aromatic carbocycles. The summed E-state index contributed by atoms with van der Waals surface area (Å²) in [7, 11) is 0. The highest BCUT2D eigenvalue weighted by atomic mass is 14.4. The Morgan fingerprint density at radius 3 is 2.11 bits per heavy atom. The van der Waals surface area contributed by atoms with Crippen LogP contribution in [0.3, 0.4) is 0 Å². The minimum Gasteiger partial charge on any atom is -0.0654 e. The van der Waals surface area contributed by atoms with Crippen LogP contribution in [-0.4, -0.2) is 0 Å². The molecule has 0 spiro atoms. The molecule has 0 heteroatoms. The Balaban J connectivity index is 1.97. The van der Waals surface area contributed by atoms with Crippen LogP contribution in [0, 0.1) is 11.5 Å². The highest BCUT2D eigenvalue weighted by Gasteiger charge is 2.33. The van der Waals surface area contributed by atoms with Gasteiger partial charge in [0, 0.05) is 0 Å². The van der Waals surface area contributed by atoms with E-state index in [4.69, 9.17) is 0 Å². The van der Waals surface area contributed by atoms with E-state index in [1.54, 1.807) is 0 Å². The maximum absolute atomic E-state index is 3.13. The molecule has 0 aliphatic heterocycles. The molecular weight excluding hydrogens is 216 g/mol. The van der Waals surface area contributed by atoms with E-state index in [0.29, 0.717) is 5.41 Å². The normalized spacial score (nSPS) is 19.9. The van der Waals surface area contributed by atoms with Crippen molar-refractivity contribution in [1.29, 1.82) is 0 Å². The van der Waals surface area contributed by atoms with Crippen LogP contribution in [0.2, 0.25) is 0 Å². The molecule has 1 saturated carbocycles. The maximum Gasteiger partial charge on any atom is -0.0162 e. The summed E-state index contributed by atoms with van der Waals surface area (Å²) in [6.07, 6.45) is 11.3. The van der Waals surface area contributed by atoms with Crippen molar-refractivity contribution in [2.24, 2.45) is 5.41 Å². The lowest BCUT2D eigenvalue weighted by Crippen LogP contribution is -2.26. The fraction of sp³-hybridized carbons (Fsp3) is 0.667. The van der Waals surface area contributed by atoms with Gasteiger partial charge in [0.15, 0.2) is 0 Å². The molecule has 1 aromatic rings. The highest BCUT2D eigenvalue weighted by molar-refractivity contribution is 5.19. The van der Waals surface area contributed by atoms with Gasteiger partial charge >= 0.3 is 0 Å². The number of hydrogen-bond donors (Lipinski definition) is 0. The molecule has 0 atom stereocenters. The zero-order valence-electron chi connectivity index (χ0n) is 12.0. The standard InChI is InChI=1S/C18H27/c1-3-12-18(13-4-2)14-10-17(11-15-18)16-8-6-5-7-9-16/h6-9,17H,3-4,10-15H2,1-2H3. The molecule has 99 valence electrons. The molecule has 0 amide bonds. The smallest absolute Gasteiger partial charge is 0.0162 e. The van der Waals surface area contributed by atoms with Crippen LogP contribution in [0.5, 0.6) is 0 Å². The lowest BCUT2D eigenvalue weighted by molar-refractivity contribution is 0.142. The van der Waals surface area contributed by atoms with Crippen LogP contribution in [0.4, 0.5) is 0 Å². The van der Waals surface area contributed by atoms with Crippen LogP contribution in [0.15, 0.2) is 24.3 Å². The summed E-state index contributed by atoms with van der Waals surface area (Å²) in [5, 5.41) is 0. The summed E-state index contributed by atoms with van der Waals surface area (Å²) in [4.78, 5) is 0. The Kier molecular flexibility index (Phi) is 4.86. The molecule has 1 aliphatic rings. The summed E-state index contributed by atoms with van der Waals surface area (Å²) < 4.78 is 0. The first-order chi connectivity index (χ1) is 8.79. The zero-order valence-corrected chi connectivity index (χ0v) is 12.0. The van der Waals surface area contributed by atoms with E-state index in [1.165, 1.54) is 56.9 Å². The van der Waals surface area contributed by atoms with Gasteiger partial charge in [-0.3, -0.25) is 0 Å². The Morgan fingerprint density at radius 1 is 1.06 bits per heavy atom. The number of benzene rings is 1. The molecule has 1 fully saturated rings. The summed E-state index contributed by atoms with van der Waals surface area (Å²) in [6.45, 7) is 4.69. The SMILES string of the molecule is CCCC1(CCC)CCC(c2cc[c]cc2)CC1. The van der Waals surface area contributed by atoms with E-state index >= 15 is 0 Å². The van der Waals surface area contributed by atoms with E-state index in [1.807, 2.05) is 0 Å². The van der Waals surface area contributed by atoms with Gasteiger partial charge in [-0.15, -0.1) is 0 Å². The predicted molar refractivity (Wildman–Crippen MR) is 78.7 cm³/mol. The van der Waals surface area contributed by atoms with Crippen molar-refractivity contribution in [3.05, 3.63) is 35.9 Å². The van der Waals surface area contributed by atoms with E-state index in [-0.39, 0.29) is 0 Å². The predicted octanol–water partition coefficient (Wildman–Crippen LogP) is 5.73. The molecule has 1 aliphatic carbocycles. The van der Waals surface area contributed by atoms with Crippen molar-refractivity contribution < 1.29 is 0 Å². The molecule has 0 nitrogen and oxygen atoms in total. The average molecular weight is 243 g/mol. The molecule has 18 heavy (non-hydrogen) atoms. The van der Waals surface area contributed by atoms with Crippen molar-refractivity contribution in [2.75, 3.05) is 0 Å². The number of rotatable bonds is 5. The molecule has 0 heterocycles. The molecule has 0 saturated heterocycles. The summed E-state index contributed by atoms with van der Waals surface area (Å²) in [6, 6.07) is 11.8. The van der Waals surface area contributed by atoms with Gasteiger partial charge < -0.3 is 0 Å². The molecule has 0 unspecified atom stereocenters. The van der Waals surface area contributed by atoms with Gasteiger partial charge in [-0.05, 0) is 61.5 Å². The quantitative estimate of drug-likeness (QED) is 0.619. The van der Waals surface area contributed by atoms with Crippen LogP contribution >= 0.6 is 0 Å². The zero-order chi connectivity index (χ0) is 12.8. The molecule has 0 bridgehead atoms. The fourth-order valence-corrected chi connectivity index (χ4v) is 3.92. The Labute approximate surface area is 113 Å². The van der Waals surface area contributed by atoms with Crippen molar-refractivity contribution in [1.82, 2.24) is 0 Å². The summed E-state index contributed by atoms with van der Waals surface area (Å²) in [5.41, 5.74) is 2.22. The van der Waals surface area contributed by atoms with Gasteiger partial charge in [0.05, 0.1) is 0 Å². The van der Waals surface area contributed by atoms with Crippen molar-refractivity contribution in [2.45, 2.75) is 71.1 Å². The first-order valence-corrected chi connectivity index (χ1v) is 7.75. The highest BCUT2D eigenvalue weighted by Crippen LogP contribution is 2.48. The minimum absolute atomic E-state index is 0.681. The fourth-order valence-electron chi connectivity index (χ4n) is 3.92. The Hall–Kier alpha value is -0.780. The van der Waals surface area contributed by atoms with Gasteiger partial charge in [-0.25, -0.2) is 0 Å². The van der Waals surface area contributed by atoms with Gasteiger partial charge in [0.1, 0.15) is 0 Å². The molecule has 1 radical (unpaired) electrons. The second kappa shape index (κ2) is 6.41. The third kappa shape index (κ3) is 3.16. The maximum atomic E-state index is 3.13. The lowest BCUT2D eigenvalue weighted by atomic mass is 9.65. The first kappa shape index (κ1) is 13.6.